The summed E-state index contributed by atoms with van der Waals surface area (Å²) >= 11 is 0. The normalized spacial score (nSPS) is 10.2. The topological polar surface area (TPSA) is 67.8 Å². The van der Waals surface area contributed by atoms with E-state index >= 15 is 0 Å². The number of phenols is 1. The molecule has 2 aromatic rings. The average molecular weight is 329 g/mol. The zero-order valence-electron chi connectivity index (χ0n) is 14.0. The van der Waals surface area contributed by atoms with Crippen LogP contribution in [0, 0.1) is 0 Å². The predicted octanol–water partition coefficient (Wildman–Crippen LogP) is 4.22. The van der Waals surface area contributed by atoms with Crippen molar-refractivity contribution in [2.75, 3.05) is 19.0 Å². The Morgan fingerprint density at radius 3 is 2.50 bits per heavy atom. The number of carbonyl (C=O) groups excluding carboxylic acids is 1. The summed E-state index contributed by atoms with van der Waals surface area (Å²) in [6, 6.07) is 11.4. The number of aromatic hydroxyl groups is 1. The number of amides is 1. The van der Waals surface area contributed by atoms with Crippen LogP contribution in [0.4, 0.5) is 5.69 Å². The molecule has 0 atom stereocenters. The van der Waals surface area contributed by atoms with Crippen molar-refractivity contribution >= 4 is 11.6 Å². The molecule has 0 bridgehead atoms. The van der Waals surface area contributed by atoms with Crippen molar-refractivity contribution in [1.82, 2.24) is 0 Å². The van der Waals surface area contributed by atoms with Crippen molar-refractivity contribution in [3.8, 4) is 17.2 Å². The number of nitrogens with one attached hydrogen (secondary N) is 1. The first-order chi connectivity index (χ1) is 11.6. The third kappa shape index (κ3) is 4.91. The minimum Gasteiger partial charge on any atom is -0.508 e. The van der Waals surface area contributed by atoms with Gasteiger partial charge in [-0.2, -0.15) is 0 Å². The zero-order valence-corrected chi connectivity index (χ0v) is 14.0. The van der Waals surface area contributed by atoms with Crippen LogP contribution in [-0.4, -0.2) is 24.7 Å². The van der Waals surface area contributed by atoms with Crippen molar-refractivity contribution in [3.63, 3.8) is 0 Å². The van der Waals surface area contributed by atoms with E-state index in [1.807, 2.05) is 0 Å². The van der Waals surface area contributed by atoms with Gasteiger partial charge in [-0.05, 0) is 42.8 Å². The molecule has 2 N–H and O–H groups in total. The van der Waals surface area contributed by atoms with Gasteiger partial charge in [0.1, 0.15) is 5.75 Å². The number of phenolic OH excluding ortho intramolecular Hbond substituents is 1. The van der Waals surface area contributed by atoms with Crippen molar-refractivity contribution in [2.24, 2.45) is 0 Å². The molecule has 0 saturated carbocycles. The Morgan fingerprint density at radius 2 is 1.83 bits per heavy atom. The average Bonchev–Trinajstić information content (AvgIpc) is 2.59. The molecule has 24 heavy (non-hydrogen) atoms. The summed E-state index contributed by atoms with van der Waals surface area (Å²) in [6.07, 6.45) is 3.21. The molecule has 0 unspecified atom stereocenters. The number of rotatable bonds is 8. The lowest BCUT2D eigenvalue weighted by Crippen LogP contribution is -2.12. The van der Waals surface area contributed by atoms with Gasteiger partial charge in [-0.15, -0.1) is 0 Å². The van der Waals surface area contributed by atoms with E-state index in [1.165, 1.54) is 12.1 Å². The first-order valence-corrected chi connectivity index (χ1v) is 8.05. The van der Waals surface area contributed by atoms with Crippen LogP contribution < -0.4 is 14.8 Å². The third-order valence-corrected chi connectivity index (χ3v) is 3.56. The number of unbranched alkanes of at least 4 members (excludes halogenated alkanes) is 2. The lowest BCUT2D eigenvalue weighted by Gasteiger charge is -2.13. The predicted molar refractivity (Wildman–Crippen MR) is 94.1 cm³/mol. The quantitative estimate of drug-likeness (QED) is 0.712. The summed E-state index contributed by atoms with van der Waals surface area (Å²) in [5.74, 6) is 1.11. The molecule has 2 aromatic carbocycles. The van der Waals surface area contributed by atoms with E-state index in [-0.39, 0.29) is 11.7 Å². The van der Waals surface area contributed by atoms with Crippen molar-refractivity contribution < 1.29 is 19.4 Å². The molecule has 5 nitrogen and oxygen atoms in total. The molecule has 0 aliphatic heterocycles. The molecule has 0 fully saturated rings. The Balaban J connectivity index is 2.06. The number of hydrogen-bond acceptors (Lipinski definition) is 4. The van der Waals surface area contributed by atoms with Crippen molar-refractivity contribution in [1.29, 1.82) is 0 Å². The van der Waals surface area contributed by atoms with Gasteiger partial charge in [-0.3, -0.25) is 4.79 Å². The molecule has 1 amide bonds. The Kier molecular flexibility index (Phi) is 6.49. The van der Waals surface area contributed by atoms with Crippen molar-refractivity contribution in [3.05, 3.63) is 48.0 Å². The summed E-state index contributed by atoms with van der Waals surface area (Å²) < 4.78 is 11.1. The molecule has 2 rings (SSSR count). The van der Waals surface area contributed by atoms with Crippen LogP contribution in [0.1, 0.15) is 36.5 Å². The van der Waals surface area contributed by atoms with Crippen LogP contribution in [0.5, 0.6) is 17.2 Å². The smallest absolute Gasteiger partial charge is 0.255 e. The molecule has 0 radical (unpaired) electrons. The van der Waals surface area contributed by atoms with Crippen LogP contribution >= 0.6 is 0 Å². The fourth-order valence-electron chi connectivity index (χ4n) is 2.22. The molecular formula is C19H23NO4. The largest absolute Gasteiger partial charge is 0.508 e. The molecule has 0 heterocycles. The molecule has 0 spiro atoms. The number of benzene rings is 2. The molecule has 5 heteroatoms. The second kappa shape index (κ2) is 8.82. The van der Waals surface area contributed by atoms with E-state index in [4.69, 9.17) is 9.47 Å². The zero-order chi connectivity index (χ0) is 17.4. The summed E-state index contributed by atoms with van der Waals surface area (Å²) in [4.78, 5) is 12.2. The van der Waals surface area contributed by atoms with Gasteiger partial charge < -0.3 is 19.9 Å². The van der Waals surface area contributed by atoms with E-state index in [9.17, 15) is 9.90 Å². The van der Waals surface area contributed by atoms with Crippen LogP contribution in [-0.2, 0) is 0 Å². The highest BCUT2D eigenvalue weighted by atomic mass is 16.5. The number of carbonyl (C=O) groups is 1. The molecule has 0 aliphatic carbocycles. The number of methoxy groups -OCH3 is 1. The van der Waals surface area contributed by atoms with Gasteiger partial charge >= 0.3 is 0 Å². The van der Waals surface area contributed by atoms with Gasteiger partial charge in [0, 0.05) is 17.3 Å². The Hall–Kier alpha value is -2.69. The van der Waals surface area contributed by atoms with Gasteiger partial charge in [0.2, 0.25) is 0 Å². The van der Waals surface area contributed by atoms with Gasteiger partial charge in [0.25, 0.3) is 5.91 Å². The molecule has 128 valence electrons. The molecule has 0 saturated heterocycles. The minimum absolute atomic E-state index is 0.124. The van der Waals surface area contributed by atoms with E-state index < -0.39 is 0 Å². The van der Waals surface area contributed by atoms with Crippen LogP contribution in [0.15, 0.2) is 42.5 Å². The van der Waals surface area contributed by atoms with E-state index in [0.717, 1.165) is 19.3 Å². The van der Waals surface area contributed by atoms with E-state index in [2.05, 4.69) is 12.2 Å². The second-order valence-corrected chi connectivity index (χ2v) is 5.42. The highest BCUT2D eigenvalue weighted by molar-refractivity contribution is 6.04. The summed E-state index contributed by atoms with van der Waals surface area (Å²) in [6.45, 7) is 2.75. The summed E-state index contributed by atoms with van der Waals surface area (Å²) in [5.41, 5.74) is 1.09. The van der Waals surface area contributed by atoms with E-state index in [0.29, 0.717) is 29.4 Å². The van der Waals surface area contributed by atoms with Gasteiger partial charge in [-0.1, -0.05) is 19.8 Å². The maximum Gasteiger partial charge on any atom is 0.255 e. The molecular weight excluding hydrogens is 306 g/mol. The summed E-state index contributed by atoms with van der Waals surface area (Å²) in [5, 5.41) is 12.1. The lowest BCUT2D eigenvalue weighted by molar-refractivity contribution is 0.102. The molecule has 0 aromatic heterocycles. The maximum absolute atomic E-state index is 12.2. The van der Waals surface area contributed by atoms with Crippen LogP contribution in [0.3, 0.4) is 0 Å². The number of anilines is 1. The fraction of sp³-hybridized carbons (Fsp3) is 0.316. The summed E-state index contributed by atoms with van der Waals surface area (Å²) in [7, 11) is 1.59. The van der Waals surface area contributed by atoms with Gasteiger partial charge in [0.15, 0.2) is 11.5 Å². The van der Waals surface area contributed by atoms with Gasteiger partial charge in [0.05, 0.1) is 13.7 Å². The first kappa shape index (κ1) is 17.7. The van der Waals surface area contributed by atoms with Crippen LogP contribution in [0.2, 0.25) is 0 Å². The SMILES string of the molecule is CCCCCOc1cc(NC(=O)c2ccc(O)cc2)ccc1OC. The van der Waals surface area contributed by atoms with Gasteiger partial charge in [-0.25, -0.2) is 0 Å². The van der Waals surface area contributed by atoms with E-state index in [1.54, 1.807) is 37.4 Å². The molecule has 0 aliphatic rings. The van der Waals surface area contributed by atoms with Crippen molar-refractivity contribution in [2.45, 2.75) is 26.2 Å². The second-order valence-electron chi connectivity index (χ2n) is 5.42. The first-order valence-electron chi connectivity index (χ1n) is 8.05. The Labute approximate surface area is 142 Å². The third-order valence-electron chi connectivity index (χ3n) is 3.56. The standard InChI is InChI=1S/C19H23NO4/c1-3-4-5-12-24-18-13-15(8-11-17(18)23-2)20-19(22)14-6-9-16(21)10-7-14/h6-11,13,21H,3-5,12H2,1-2H3,(H,20,22). The maximum atomic E-state index is 12.2. The highest BCUT2D eigenvalue weighted by Gasteiger charge is 2.10. The monoisotopic (exact) mass is 329 g/mol. The Morgan fingerprint density at radius 1 is 1.08 bits per heavy atom. The Bertz CT molecular complexity index is 668. The fourth-order valence-corrected chi connectivity index (χ4v) is 2.22. The number of hydrogen-bond donors (Lipinski definition) is 2. The highest BCUT2D eigenvalue weighted by Crippen LogP contribution is 2.30. The number of ether oxygens (including phenoxy) is 2. The van der Waals surface area contributed by atoms with Crippen LogP contribution in [0.25, 0.3) is 0 Å². The lowest BCUT2D eigenvalue weighted by atomic mass is 10.2. The minimum atomic E-state index is -0.253.